The van der Waals surface area contributed by atoms with Crippen LogP contribution in [0.5, 0.6) is 0 Å². The molecule has 0 radical (unpaired) electrons. The van der Waals surface area contributed by atoms with E-state index in [2.05, 4.69) is 29.5 Å². The lowest BCUT2D eigenvalue weighted by atomic mass is 9.98. The first-order valence-corrected chi connectivity index (χ1v) is 6.96. The molecule has 0 amide bonds. The number of nitrogens with one attached hydrogen (secondary N) is 1. The second-order valence-corrected chi connectivity index (χ2v) is 5.50. The van der Waals surface area contributed by atoms with Gasteiger partial charge < -0.3 is 5.32 Å². The molecule has 3 heteroatoms. The van der Waals surface area contributed by atoms with E-state index in [9.17, 15) is 0 Å². The monoisotopic (exact) mass is 243 g/mol. The molecule has 2 unspecified atom stereocenters. The molecule has 2 atom stereocenters. The number of hydrogen-bond donors (Lipinski definition) is 1. The Morgan fingerprint density at radius 2 is 2.33 bits per heavy atom. The predicted octanol–water partition coefficient (Wildman–Crippen LogP) is 2.86. The molecule has 1 saturated carbocycles. The lowest BCUT2D eigenvalue weighted by Crippen LogP contribution is -2.23. The Morgan fingerprint density at radius 1 is 1.39 bits per heavy atom. The minimum absolute atomic E-state index is 0.867. The molecule has 1 fully saturated rings. The molecule has 1 aliphatic carbocycles. The van der Waals surface area contributed by atoms with Crippen LogP contribution in [-0.4, -0.2) is 16.2 Å². The summed E-state index contributed by atoms with van der Waals surface area (Å²) in [5.41, 5.74) is 2.51. The van der Waals surface area contributed by atoms with Crippen LogP contribution >= 0.6 is 0 Å². The van der Waals surface area contributed by atoms with Gasteiger partial charge in [0.2, 0.25) is 0 Å². The van der Waals surface area contributed by atoms with Crippen LogP contribution < -0.4 is 5.32 Å². The van der Waals surface area contributed by atoms with Gasteiger partial charge in [-0.05, 0) is 36.9 Å². The van der Waals surface area contributed by atoms with Gasteiger partial charge in [0, 0.05) is 18.3 Å². The summed E-state index contributed by atoms with van der Waals surface area (Å²) in [6.45, 7) is 4.46. The number of nitrogens with zero attached hydrogens (tertiary/aromatic N) is 2. The van der Waals surface area contributed by atoms with Gasteiger partial charge in [0.1, 0.15) is 0 Å². The van der Waals surface area contributed by atoms with E-state index in [1.54, 1.807) is 0 Å². The highest BCUT2D eigenvalue weighted by atomic mass is 15.2. The van der Waals surface area contributed by atoms with Gasteiger partial charge >= 0.3 is 0 Å². The minimum atomic E-state index is 0.867. The lowest BCUT2D eigenvalue weighted by molar-refractivity contribution is 0.392. The molecule has 2 aromatic rings. The Balaban J connectivity index is 1.60. The van der Waals surface area contributed by atoms with Crippen LogP contribution in [0.3, 0.4) is 0 Å². The van der Waals surface area contributed by atoms with Crippen molar-refractivity contribution in [3.63, 3.8) is 0 Å². The van der Waals surface area contributed by atoms with Gasteiger partial charge in [-0.3, -0.25) is 0 Å². The van der Waals surface area contributed by atoms with E-state index in [0.717, 1.165) is 24.9 Å². The predicted molar refractivity (Wildman–Crippen MR) is 73.4 cm³/mol. The molecule has 0 aliphatic heterocycles. The third-order valence-electron chi connectivity index (χ3n) is 4.27. The Hall–Kier alpha value is -1.35. The van der Waals surface area contributed by atoms with Crippen molar-refractivity contribution >= 4 is 5.52 Å². The second-order valence-electron chi connectivity index (χ2n) is 5.50. The number of pyridine rings is 1. The summed E-state index contributed by atoms with van der Waals surface area (Å²) in [6, 6.07) is 6.21. The maximum Gasteiger partial charge on any atom is 0.0706 e. The van der Waals surface area contributed by atoms with Gasteiger partial charge in [0.15, 0.2) is 0 Å². The molecule has 2 heterocycles. The van der Waals surface area contributed by atoms with Gasteiger partial charge in [0.25, 0.3) is 0 Å². The first-order chi connectivity index (χ1) is 8.84. The Labute approximate surface area is 108 Å². The Kier molecular flexibility index (Phi) is 3.33. The van der Waals surface area contributed by atoms with Crippen LogP contribution in [0.2, 0.25) is 0 Å². The summed E-state index contributed by atoms with van der Waals surface area (Å²) in [5.74, 6) is 1.76. The molecular formula is C15H21N3. The minimum Gasteiger partial charge on any atom is -0.312 e. The average Bonchev–Trinajstić information content (AvgIpc) is 2.97. The van der Waals surface area contributed by atoms with Crippen molar-refractivity contribution in [3.8, 4) is 0 Å². The summed E-state index contributed by atoms with van der Waals surface area (Å²) in [6.07, 6.45) is 8.18. The van der Waals surface area contributed by atoms with Gasteiger partial charge in [-0.15, -0.1) is 0 Å². The maximum absolute atomic E-state index is 4.36. The fourth-order valence-corrected chi connectivity index (χ4v) is 3.04. The van der Waals surface area contributed by atoms with Crippen molar-refractivity contribution in [3.05, 3.63) is 36.2 Å². The van der Waals surface area contributed by atoms with Gasteiger partial charge in [-0.1, -0.05) is 25.8 Å². The molecule has 2 aromatic heterocycles. The molecule has 3 rings (SSSR count). The smallest absolute Gasteiger partial charge is 0.0706 e. The van der Waals surface area contributed by atoms with Crippen molar-refractivity contribution < 1.29 is 0 Å². The van der Waals surface area contributed by atoms with Crippen molar-refractivity contribution in [1.82, 2.24) is 14.9 Å². The van der Waals surface area contributed by atoms with E-state index in [-0.39, 0.29) is 0 Å². The van der Waals surface area contributed by atoms with Crippen molar-refractivity contribution in [1.29, 1.82) is 0 Å². The van der Waals surface area contributed by atoms with Gasteiger partial charge in [0.05, 0.1) is 11.7 Å². The first kappa shape index (κ1) is 11.7. The van der Waals surface area contributed by atoms with Gasteiger partial charge in [-0.25, -0.2) is 4.52 Å². The summed E-state index contributed by atoms with van der Waals surface area (Å²) in [4.78, 5) is 0. The van der Waals surface area contributed by atoms with E-state index in [4.69, 9.17) is 0 Å². The first-order valence-electron chi connectivity index (χ1n) is 6.96. The fourth-order valence-electron chi connectivity index (χ4n) is 3.04. The van der Waals surface area contributed by atoms with E-state index in [1.165, 1.54) is 30.3 Å². The van der Waals surface area contributed by atoms with E-state index in [1.807, 2.05) is 23.0 Å². The molecule has 18 heavy (non-hydrogen) atoms. The lowest BCUT2D eigenvalue weighted by Gasteiger charge is -2.15. The highest BCUT2D eigenvalue weighted by Crippen LogP contribution is 2.30. The van der Waals surface area contributed by atoms with Crippen molar-refractivity contribution in [2.45, 2.75) is 32.7 Å². The van der Waals surface area contributed by atoms with Crippen LogP contribution in [0.1, 0.15) is 31.7 Å². The number of rotatable bonds is 4. The fraction of sp³-hybridized carbons (Fsp3) is 0.533. The van der Waals surface area contributed by atoms with Crippen LogP contribution in [0.15, 0.2) is 30.6 Å². The molecule has 0 bridgehead atoms. The summed E-state index contributed by atoms with van der Waals surface area (Å²) >= 11 is 0. The molecule has 0 aromatic carbocycles. The molecule has 0 saturated heterocycles. The highest BCUT2D eigenvalue weighted by molar-refractivity contribution is 5.53. The number of aromatic nitrogens is 2. The highest BCUT2D eigenvalue weighted by Gasteiger charge is 2.22. The number of hydrogen-bond acceptors (Lipinski definition) is 2. The molecule has 0 spiro atoms. The van der Waals surface area contributed by atoms with Crippen LogP contribution in [0.25, 0.3) is 5.52 Å². The summed E-state index contributed by atoms with van der Waals surface area (Å²) < 4.78 is 1.94. The zero-order chi connectivity index (χ0) is 12.4. The largest absolute Gasteiger partial charge is 0.312 e. The number of fused-ring (bicyclic) bond motifs is 1. The van der Waals surface area contributed by atoms with Crippen molar-refractivity contribution in [2.24, 2.45) is 11.8 Å². The molecule has 3 nitrogen and oxygen atoms in total. The Morgan fingerprint density at radius 3 is 3.17 bits per heavy atom. The summed E-state index contributed by atoms with van der Waals surface area (Å²) in [7, 11) is 0. The zero-order valence-electron chi connectivity index (χ0n) is 11.0. The van der Waals surface area contributed by atoms with E-state index >= 15 is 0 Å². The van der Waals surface area contributed by atoms with Crippen molar-refractivity contribution in [2.75, 3.05) is 6.54 Å². The van der Waals surface area contributed by atoms with Crippen LogP contribution in [0, 0.1) is 11.8 Å². The molecule has 1 aliphatic rings. The quantitative estimate of drug-likeness (QED) is 0.894. The third-order valence-corrected chi connectivity index (χ3v) is 4.27. The molecular weight excluding hydrogens is 222 g/mol. The topological polar surface area (TPSA) is 29.3 Å². The SMILES string of the molecule is CC1CCCC1CNCc1cnn2ccccc12. The standard InChI is InChI=1S/C15H21N3/c1-12-5-4-6-13(12)9-16-10-14-11-17-18-8-3-2-7-15(14)18/h2-3,7-8,11-13,16H,4-6,9-10H2,1H3. The van der Waals surface area contributed by atoms with Crippen LogP contribution in [0.4, 0.5) is 0 Å². The second kappa shape index (κ2) is 5.11. The maximum atomic E-state index is 4.36. The van der Waals surface area contributed by atoms with E-state index < -0.39 is 0 Å². The van der Waals surface area contributed by atoms with E-state index in [0.29, 0.717) is 0 Å². The van der Waals surface area contributed by atoms with Gasteiger partial charge in [-0.2, -0.15) is 5.10 Å². The average molecular weight is 243 g/mol. The zero-order valence-corrected chi connectivity index (χ0v) is 11.0. The normalized spacial score (nSPS) is 23.8. The Bertz CT molecular complexity index is 517. The third kappa shape index (κ3) is 2.27. The summed E-state index contributed by atoms with van der Waals surface area (Å²) in [5, 5.41) is 7.96. The van der Waals surface area contributed by atoms with Crippen LogP contribution in [-0.2, 0) is 6.54 Å². The molecule has 96 valence electrons. The molecule has 1 N–H and O–H groups in total.